The molecule has 0 aliphatic carbocycles. The molecule has 0 bridgehead atoms. The average molecular weight is 292 g/mol. The summed E-state index contributed by atoms with van der Waals surface area (Å²) in [6.07, 6.45) is -11.3. The van der Waals surface area contributed by atoms with E-state index in [1.165, 1.54) is 0 Å². The lowest BCUT2D eigenvalue weighted by Gasteiger charge is -2.51. The maximum absolute atomic E-state index is 12.3. The first-order chi connectivity index (χ1) is 8.29. The van der Waals surface area contributed by atoms with Crippen LogP contribution in [0.25, 0.3) is 0 Å². The summed E-state index contributed by atoms with van der Waals surface area (Å²) in [6, 6.07) is 0. The predicted octanol–water partition coefficient (Wildman–Crippen LogP) is 1.92. The van der Waals surface area contributed by atoms with Crippen molar-refractivity contribution < 1.29 is 31.1 Å². The Kier molecular flexibility index (Phi) is 3.83. The SMILES string of the molecule is CC(C)C1(N)CN(C(=O)C(C(F)(F)F)C(F)(F)F)C1. The van der Waals surface area contributed by atoms with Gasteiger partial charge in [-0.15, -0.1) is 0 Å². The minimum Gasteiger partial charge on any atom is -0.338 e. The van der Waals surface area contributed by atoms with Crippen LogP contribution in [0.3, 0.4) is 0 Å². The van der Waals surface area contributed by atoms with E-state index in [1.54, 1.807) is 13.8 Å². The monoisotopic (exact) mass is 292 g/mol. The molecule has 0 spiro atoms. The van der Waals surface area contributed by atoms with E-state index in [1.807, 2.05) is 0 Å². The van der Waals surface area contributed by atoms with Gasteiger partial charge in [0.15, 0.2) is 0 Å². The van der Waals surface area contributed by atoms with Crippen LogP contribution in [0.1, 0.15) is 13.8 Å². The number of nitrogens with two attached hydrogens (primary N) is 1. The molecule has 1 aliphatic heterocycles. The van der Waals surface area contributed by atoms with Gasteiger partial charge in [0.25, 0.3) is 0 Å². The quantitative estimate of drug-likeness (QED) is 0.790. The van der Waals surface area contributed by atoms with E-state index in [0.29, 0.717) is 4.90 Å². The molecule has 19 heavy (non-hydrogen) atoms. The second kappa shape index (κ2) is 4.53. The molecule has 2 N–H and O–H groups in total. The number of halogens is 6. The van der Waals surface area contributed by atoms with Crippen molar-refractivity contribution in [3.63, 3.8) is 0 Å². The van der Waals surface area contributed by atoms with Crippen molar-refractivity contribution in [3.8, 4) is 0 Å². The van der Waals surface area contributed by atoms with E-state index in [4.69, 9.17) is 5.73 Å². The van der Waals surface area contributed by atoms with Gasteiger partial charge in [-0.2, -0.15) is 26.3 Å². The van der Waals surface area contributed by atoms with Crippen molar-refractivity contribution in [3.05, 3.63) is 0 Å². The van der Waals surface area contributed by atoms with E-state index in [0.717, 1.165) is 0 Å². The van der Waals surface area contributed by atoms with Crippen LogP contribution in [0.2, 0.25) is 0 Å². The first kappa shape index (κ1) is 16.1. The van der Waals surface area contributed by atoms with Gasteiger partial charge in [0, 0.05) is 13.1 Å². The van der Waals surface area contributed by atoms with E-state index in [-0.39, 0.29) is 19.0 Å². The molecule has 0 aromatic carbocycles. The zero-order valence-corrected chi connectivity index (χ0v) is 10.3. The molecule has 3 nitrogen and oxygen atoms in total. The normalized spacial score (nSPS) is 19.8. The lowest BCUT2D eigenvalue weighted by atomic mass is 9.79. The highest BCUT2D eigenvalue weighted by atomic mass is 19.4. The van der Waals surface area contributed by atoms with Gasteiger partial charge < -0.3 is 10.6 Å². The summed E-state index contributed by atoms with van der Waals surface area (Å²) in [6.45, 7) is 2.78. The second-order valence-electron chi connectivity index (χ2n) is 5.10. The number of rotatable bonds is 2. The molecular weight excluding hydrogens is 278 g/mol. The Morgan fingerprint density at radius 1 is 1.11 bits per heavy atom. The Hall–Kier alpha value is -0.990. The fraction of sp³-hybridized carbons (Fsp3) is 0.900. The number of carbonyl (C=O) groups is 1. The van der Waals surface area contributed by atoms with Crippen LogP contribution in [-0.4, -0.2) is 41.8 Å². The molecule has 0 aromatic rings. The van der Waals surface area contributed by atoms with Crippen LogP contribution in [0.4, 0.5) is 26.3 Å². The minimum absolute atomic E-state index is 0.147. The van der Waals surface area contributed by atoms with Gasteiger partial charge in [-0.1, -0.05) is 13.8 Å². The first-order valence-electron chi connectivity index (χ1n) is 5.50. The summed E-state index contributed by atoms with van der Waals surface area (Å²) >= 11 is 0. The highest BCUT2D eigenvalue weighted by Crippen LogP contribution is 2.42. The van der Waals surface area contributed by atoms with Gasteiger partial charge in [0.2, 0.25) is 11.8 Å². The molecule has 0 radical (unpaired) electrons. The molecule has 1 heterocycles. The van der Waals surface area contributed by atoms with Crippen LogP contribution in [-0.2, 0) is 4.79 Å². The molecule has 9 heteroatoms. The summed E-state index contributed by atoms with van der Waals surface area (Å²) < 4.78 is 74.0. The van der Waals surface area contributed by atoms with Gasteiger partial charge in [-0.05, 0) is 5.92 Å². The lowest BCUT2D eigenvalue weighted by Crippen LogP contribution is -2.72. The van der Waals surface area contributed by atoms with Gasteiger partial charge in [-0.25, -0.2) is 0 Å². The smallest absolute Gasteiger partial charge is 0.338 e. The molecule has 1 aliphatic rings. The van der Waals surface area contributed by atoms with E-state index >= 15 is 0 Å². The third kappa shape index (κ3) is 3.13. The highest BCUT2D eigenvalue weighted by molar-refractivity contribution is 5.81. The summed E-state index contributed by atoms with van der Waals surface area (Å²) in [5, 5.41) is 0. The number of alkyl halides is 6. The van der Waals surface area contributed by atoms with Crippen LogP contribution < -0.4 is 5.73 Å². The van der Waals surface area contributed by atoms with Crippen LogP contribution in [0.15, 0.2) is 0 Å². The number of hydrogen-bond donors (Lipinski definition) is 1. The van der Waals surface area contributed by atoms with E-state index in [9.17, 15) is 31.1 Å². The number of hydrogen-bond acceptors (Lipinski definition) is 2. The third-order valence-electron chi connectivity index (χ3n) is 3.33. The fourth-order valence-corrected chi connectivity index (χ4v) is 1.83. The summed E-state index contributed by atoms with van der Waals surface area (Å²) in [5.41, 5.74) is 4.82. The Bertz CT molecular complexity index is 342. The summed E-state index contributed by atoms with van der Waals surface area (Å²) in [5.74, 6) is -6.11. The minimum atomic E-state index is -5.65. The second-order valence-corrected chi connectivity index (χ2v) is 5.10. The third-order valence-corrected chi connectivity index (χ3v) is 3.33. The number of amides is 1. The fourth-order valence-electron chi connectivity index (χ4n) is 1.83. The van der Waals surface area contributed by atoms with Crippen LogP contribution >= 0.6 is 0 Å². The molecule has 1 saturated heterocycles. The molecule has 0 aromatic heterocycles. The van der Waals surface area contributed by atoms with E-state index in [2.05, 4.69) is 0 Å². The van der Waals surface area contributed by atoms with Gasteiger partial charge in [0.05, 0.1) is 5.54 Å². The Morgan fingerprint density at radius 2 is 1.47 bits per heavy atom. The maximum atomic E-state index is 12.3. The Balaban J connectivity index is 2.83. The molecule has 0 unspecified atom stereocenters. The molecule has 0 saturated carbocycles. The zero-order chi connectivity index (χ0) is 15.2. The number of nitrogens with zero attached hydrogens (tertiary/aromatic N) is 1. The maximum Gasteiger partial charge on any atom is 0.409 e. The van der Waals surface area contributed by atoms with Gasteiger partial charge >= 0.3 is 12.4 Å². The van der Waals surface area contributed by atoms with Gasteiger partial charge in [0.1, 0.15) is 0 Å². The Morgan fingerprint density at radius 3 is 1.74 bits per heavy atom. The van der Waals surface area contributed by atoms with Crippen LogP contribution in [0.5, 0.6) is 0 Å². The number of carbonyl (C=O) groups excluding carboxylic acids is 1. The molecule has 1 fully saturated rings. The topological polar surface area (TPSA) is 46.3 Å². The van der Waals surface area contributed by atoms with Crippen molar-refractivity contribution >= 4 is 5.91 Å². The molecular formula is C10H14F6N2O. The molecule has 0 atom stereocenters. The molecule has 1 amide bonds. The van der Waals surface area contributed by atoms with Crippen molar-refractivity contribution in [2.45, 2.75) is 31.7 Å². The summed E-state index contributed by atoms with van der Waals surface area (Å²) in [7, 11) is 0. The predicted molar refractivity (Wildman–Crippen MR) is 53.9 cm³/mol. The molecule has 112 valence electrons. The number of likely N-dealkylation sites (tertiary alicyclic amines) is 1. The van der Waals surface area contributed by atoms with Gasteiger partial charge in [-0.3, -0.25) is 4.79 Å². The standard InChI is InChI=1S/C10H14F6N2O/c1-5(2)8(17)3-18(4-8)7(19)6(9(11,12)13)10(14,15)16/h5-6H,3-4,17H2,1-2H3. The van der Waals surface area contributed by atoms with Crippen molar-refractivity contribution in [2.24, 2.45) is 17.6 Å². The zero-order valence-electron chi connectivity index (χ0n) is 10.3. The first-order valence-corrected chi connectivity index (χ1v) is 5.50. The van der Waals surface area contributed by atoms with Crippen molar-refractivity contribution in [1.82, 2.24) is 4.90 Å². The van der Waals surface area contributed by atoms with Crippen molar-refractivity contribution in [2.75, 3.05) is 13.1 Å². The Labute approximate surface area is 105 Å². The van der Waals surface area contributed by atoms with E-state index < -0.39 is 29.7 Å². The average Bonchev–Trinajstić information content (AvgIpc) is 2.06. The lowest BCUT2D eigenvalue weighted by molar-refractivity contribution is -0.279. The van der Waals surface area contributed by atoms with Crippen molar-refractivity contribution in [1.29, 1.82) is 0 Å². The van der Waals surface area contributed by atoms with Crippen LogP contribution in [0, 0.1) is 11.8 Å². The summed E-state index contributed by atoms with van der Waals surface area (Å²) in [4.78, 5) is 11.9. The molecule has 1 rings (SSSR count). The highest BCUT2D eigenvalue weighted by Gasteiger charge is 2.63. The largest absolute Gasteiger partial charge is 0.409 e.